The molecule has 1 atom stereocenters. The van der Waals surface area contributed by atoms with Crippen LogP contribution in [0.3, 0.4) is 0 Å². The fraction of sp³-hybridized carbons (Fsp3) is 0.500. The molecule has 24 heavy (non-hydrogen) atoms. The van der Waals surface area contributed by atoms with Crippen LogP contribution in [0.1, 0.15) is 25.7 Å². The summed E-state index contributed by atoms with van der Waals surface area (Å²) in [5.41, 5.74) is 0.321. The fourth-order valence-electron chi connectivity index (χ4n) is 2.88. The molecule has 0 bridgehead atoms. The molecule has 2 amide bonds. The van der Waals surface area contributed by atoms with E-state index in [2.05, 4.69) is 10.1 Å². The van der Waals surface area contributed by atoms with Crippen molar-refractivity contribution in [2.75, 3.05) is 11.4 Å². The molecule has 1 unspecified atom stereocenters. The van der Waals surface area contributed by atoms with Crippen LogP contribution < -0.4 is 15.0 Å². The number of halogens is 3. The first-order valence-electron chi connectivity index (χ1n) is 7.81. The van der Waals surface area contributed by atoms with Gasteiger partial charge in [-0.05, 0) is 31.4 Å². The van der Waals surface area contributed by atoms with Crippen LogP contribution in [0.2, 0.25) is 0 Å². The van der Waals surface area contributed by atoms with Crippen molar-refractivity contribution >= 4 is 17.5 Å². The molecule has 0 radical (unpaired) electrons. The summed E-state index contributed by atoms with van der Waals surface area (Å²) >= 11 is 0. The highest BCUT2D eigenvalue weighted by atomic mass is 19.4. The monoisotopic (exact) mass is 342 g/mol. The smallest absolute Gasteiger partial charge is 0.406 e. The van der Waals surface area contributed by atoms with E-state index in [1.165, 1.54) is 29.2 Å². The average molecular weight is 342 g/mol. The van der Waals surface area contributed by atoms with Gasteiger partial charge in [-0.25, -0.2) is 0 Å². The van der Waals surface area contributed by atoms with Gasteiger partial charge in [-0.1, -0.05) is 12.5 Å². The third-order valence-corrected chi connectivity index (χ3v) is 4.36. The van der Waals surface area contributed by atoms with E-state index in [0.717, 1.165) is 19.3 Å². The summed E-state index contributed by atoms with van der Waals surface area (Å²) in [6.45, 7) is 0.337. The van der Waals surface area contributed by atoms with Crippen LogP contribution in [-0.2, 0) is 9.59 Å². The van der Waals surface area contributed by atoms with Gasteiger partial charge in [-0.2, -0.15) is 0 Å². The Hall–Kier alpha value is -2.25. The molecule has 0 aromatic heterocycles. The van der Waals surface area contributed by atoms with E-state index in [9.17, 15) is 22.8 Å². The Morgan fingerprint density at radius 2 is 2.00 bits per heavy atom. The van der Waals surface area contributed by atoms with Gasteiger partial charge in [0.25, 0.3) is 0 Å². The van der Waals surface area contributed by atoms with Gasteiger partial charge in [0.05, 0.1) is 0 Å². The highest BCUT2D eigenvalue weighted by molar-refractivity contribution is 6.01. The third-order valence-electron chi connectivity index (χ3n) is 4.36. The van der Waals surface area contributed by atoms with Gasteiger partial charge in [0.15, 0.2) is 0 Å². The zero-order valence-electron chi connectivity index (χ0n) is 12.8. The van der Waals surface area contributed by atoms with Crippen molar-refractivity contribution in [3.05, 3.63) is 24.3 Å². The minimum Gasteiger partial charge on any atom is -0.406 e. The topological polar surface area (TPSA) is 58.6 Å². The molecule has 130 valence electrons. The van der Waals surface area contributed by atoms with E-state index in [4.69, 9.17) is 0 Å². The summed E-state index contributed by atoms with van der Waals surface area (Å²) in [6.07, 6.45) is -1.65. The second-order valence-corrected chi connectivity index (χ2v) is 6.01. The highest BCUT2D eigenvalue weighted by Crippen LogP contribution is 2.30. The van der Waals surface area contributed by atoms with Gasteiger partial charge in [0, 0.05) is 24.2 Å². The van der Waals surface area contributed by atoms with E-state index >= 15 is 0 Å². The number of ether oxygens (including phenoxy) is 1. The number of hydrogen-bond donors (Lipinski definition) is 1. The summed E-state index contributed by atoms with van der Waals surface area (Å²) in [7, 11) is 0. The molecular weight excluding hydrogens is 325 g/mol. The maximum Gasteiger partial charge on any atom is 0.573 e. The molecule has 3 rings (SSSR count). The van der Waals surface area contributed by atoms with Gasteiger partial charge < -0.3 is 15.0 Å². The largest absolute Gasteiger partial charge is 0.573 e. The highest BCUT2D eigenvalue weighted by Gasteiger charge is 2.36. The molecule has 1 aliphatic heterocycles. The van der Waals surface area contributed by atoms with E-state index in [1.807, 2.05) is 0 Å². The van der Waals surface area contributed by atoms with Gasteiger partial charge >= 0.3 is 6.36 Å². The van der Waals surface area contributed by atoms with Crippen LogP contribution in [0.15, 0.2) is 24.3 Å². The Kier molecular flexibility index (Phi) is 4.38. The zero-order valence-corrected chi connectivity index (χ0v) is 12.8. The molecule has 1 aromatic rings. The quantitative estimate of drug-likeness (QED) is 0.915. The van der Waals surface area contributed by atoms with Crippen molar-refractivity contribution in [3.63, 3.8) is 0 Å². The predicted octanol–water partition coefficient (Wildman–Crippen LogP) is 2.61. The minimum atomic E-state index is -4.78. The first-order chi connectivity index (χ1) is 11.3. The lowest BCUT2D eigenvalue weighted by Gasteiger charge is -2.25. The van der Waals surface area contributed by atoms with Gasteiger partial charge in [-0.15, -0.1) is 13.2 Å². The summed E-state index contributed by atoms with van der Waals surface area (Å²) in [6, 6.07) is 4.65. The lowest BCUT2D eigenvalue weighted by atomic mass is 9.84. The normalized spacial score (nSPS) is 21.5. The maximum absolute atomic E-state index is 12.4. The lowest BCUT2D eigenvalue weighted by Crippen LogP contribution is -2.45. The summed E-state index contributed by atoms with van der Waals surface area (Å²) in [5, 5.41) is 2.74. The Morgan fingerprint density at radius 3 is 2.62 bits per heavy atom. The number of anilines is 1. The Labute approximate surface area is 136 Å². The molecule has 0 spiro atoms. The van der Waals surface area contributed by atoms with E-state index in [0.29, 0.717) is 18.7 Å². The molecule has 1 N–H and O–H groups in total. The van der Waals surface area contributed by atoms with Gasteiger partial charge in [0.1, 0.15) is 11.8 Å². The predicted molar refractivity (Wildman–Crippen MR) is 79.4 cm³/mol. The zero-order chi connectivity index (χ0) is 17.3. The van der Waals surface area contributed by atoms with Crippen molar-refractivity contribution < 1.29 is 27.5 Å². The average Bonchev–Trinajstić information content (AvgIpc) is 2.76. The second kappa shape index (κ2) is 6.33. The Bertz CT molecular complexity index is 644. The summed E-state index contributed by atoms with van der Waals surface area (Å²) in [5.74, 6) is -0.826. The number of carbonyl (C=O) groups excluding carboxylic acids is 2. The van der Waals surface area contributed by atoms with E-state index < -0.39 is 12.4 Å². The summed E-state index contributed by atoms with van der Waals surface area (Å²) < 4.78 is 40.8. The van der Waals surface area contributed by atoms with Gasteiger partial charge in [0.2, 0.25) is 11.8 Å². The molecule has 2 fully saturated rings. The van der Waals surface area contributed by atoms with Crippen molar-refractivity contribution in [3.8, 4) is 5.75 Å². The number of benzene rings is 1. The van der Waals surface area contributed by atoms with Crippen LogP contribution in [-0.4, -0.2) is 30.8 Å². The van der Waals surface area contributed by atoms with Crippen LogP contribution >= 0.6 is 0 Å². The number of hydrogen-bond acceptors (Lipinski definition) is 3. The van der Waals surface area contributed by atoms with Crippen LogP contribution in [0, 0.1) is 5.92 Å². The number of nitrogens with zero attached hydrogens (tertiary/aromatic N) is 1. The standard InChI is InChI=1S/C16H17F3N2O3/c17-16(18,19)24-12-6-2-5-11(9-12)21-8-7-13(15(21)23)20-14(22)10-3-1-4-10/h2,5-6,9-10,13H,1,3-4,7-8H2,(H,20,22). The number of alkyl halides is 3. The Balaban J connectivity index is 1.66. The molecule has 1 aliphatic carbocycles. The second-order valence-electron chi connectivity index (χ2n) is 6.01. The van der Waals surface area contributed by atoms with Crippen molar-refractivity contribution in [2.24, 2.45) is 5.92 Å². The Morgan fingerprint density at radius 1 is 1.25 bits per heavy atom. The van der Waals surface area contributed by atoms with E-state index in [1.54, 1.807) is 0 Å². The van der Waals surface area contributed by atoms with Crippen molar-refractivity contribution in [2.45, 2.75) is 38.1 Å². The fourth-order valence-corrected chi connectivity index (χ4v) is 2.88. The first-order valence-corrected chi connectivity index (χ1v) is 7.81. The van der Waals surface area contributed by atoms with Crippen LogP contribution in [0.4, 0.5) is 18.9 Å². The molecule has 1 heterocycles. The van der Waals surface area contributed by atoms with Crippen LogP contribution in [0.25, 0.3) is 0 Å². The third kappa shape index (κ3) is 3.63. The number of carbonyl (C=O) groups is 2. The number of nitrogens with one attached hydrogen (secondary N) is 1. The van der Waals surface area contributed by atoms with Crippen LogP contribution in [0.5, 0.6) is 5.75 Å². The van der Waals surface area contributed by atoms with Gasteiger partial charge in [-0.3, -0.25) is 9.59 Å². The molecular formula is C16H17F3N2O3. The minimum absolute atomic E-state index is 0.0182. The molecule has 1 aromatic carbocycles. The van der Waals surface area contributed by atoms with Crippen molar-refractivity contribution in [1.29, 1.82) is 0 Å². The van der Waals surface area contributed by atoms with Crippen molar-refractivity contribution in [1.82, 2.24) is 5.32 Å². The SMILES string of the molecule is O=C(NC1CCN(c2cccc(OC(F)(F)F)c2)C1=O)C1CCC1. The molecule has 1 saturated carbocycles. The first kappa shape index (κ1) is 16.6. The number of amides is 2. The molecule has 1 saturated heterocycles. The summed E-state index contributed by atoms with van der Waals surface area (Å²) in [4.78, 5) is 25.7. The molecule has 8 heteroatoms. The lowest BCUT2D eigenvalue weighted by molar-refractivity contribution is -0.274. The maximum atomic E-state index is 12.4. The number of rotatable bonds is 4. The molecule has 2 aliphatic rings. The molecule has 5 nitrogen and oxygen atoms in total. The van der Waals surface area contributed by atoms with E-state index in [-0.39, 0.29) is 23.5 Å².